The van der Waals surface area contributed by atoms with E-state index in [4.69, 9.17) is 21.1 Å². The summed E-state index contributed by atoms with van der Waals surface area (Å²) in [6, 6.07) is 18.9. The molecule has 148 valence electrons. The fourth-order valence-electron chi connectivity index (χ4n) is 2.45. The largest absolute Gasteiger partial charge is 0.504 e. The van der Waals surface area contributed by atoms with E-state index in [0.29, 0.717) is 28.5 Å². The first-order valence-corrected chi connectivity index (χ1v) is 9.10. The molecule has 0 saturated heterocycles. The van der Waals surface area contributed by atoms with Crippen LogP contribution in [0, 0.1) is 0 Å². The van der Waals surface area contributed by atoms with Crippen molar-refractivity contribution in [3.63, 3.8) is 0 Å². The smallest absolute Gasteiger partial charge is 0.271 e. The number of hydrazone groups is 1. The van der Waals surface area contributed by atoms with Crippen LogP contribution < -0.4 is 14.9 Å². The van der Waals surface area contributed by atoms with Crippen LogP contribution in [0.3, 0.4) is 0 Å². The lowest BCUT2D eigenvalue weighted by Crippen LogP contribution is -2.17. The predicted molar refractivity (Wildman–Crippen MR) is 112 cm³/mol. The van der Waals surface area contributed by atoms with Crippen molar-refractivity contribution in [3.05, 3.63) is 88.4 Å². The lowest BCUT2D eigenvalue weighted by molar-refractivity contribution is 0.0955. The van der Waals surface area contributed by atoms with Gasteiger partial charge in [-0.1, -0.05) is 23.7 Å². The molecular weight excluding hydrogens is 392 g/mol. The van der Waals surface area contributed by atoms with Gasteiger partial charge in [0.1, 0.15) is 12.4 Å². The molecule has 0 aromatic heterocycles. The van der Waals surface area contributed by atoms with Crippen LogP contribution in [0.2, 0.25) is 5.02 Å². The van der Waals surface area contributed by atoms with Crippen LogP contribution in [-0.4, -0.2) is 24.3 Å². The lowest BCUT2D eigenvalue weighted by Gasteiger charge is -2.07. The monoisotopic (exact) mass is 410 g/mol. The van der Waals surface area contributed by atoms with E-state index in [2.05, 4.69) is 10.5 Å². The van der Waals surface area contributed by atoms with Crippen LogP contribution in [-0.2, 0) is 6.61 Å². The van der Waals surface area contributed by atoms with Gasteiger partial charge in [0.25, 0.3) is 5.91 Å². The average Bonchev–Trinajstić information content (AvgIpc) is 2.75. The maximum atomic E-state index is 12.2. The molecule has 3 rings (SSSR count). The van der Waals surface area contributed by atoms with E-state index in [9.17, 15) is 9.90 Å². The number of phenols is 1. The Bertz CT molecular complexity index is 1000. The van der Waals surface area contributed by atoms with Gasteiger partial charge in [0.15, 0.2) is 11.5 Å². The molecule has 0 unspecified atom stereocenters. The Kier molecular flexibility index (Phi) is 6.71. The Balaban J connectivity index is 1.54. The molecule has 0 aliphatic heterocycles. The third-order valence-electron chi connectivity index (χ3n) is 4.02. The number of aromatic hydroxyl groups is 1. The number of ether oxygens (including phenoxy) is 2. The zero-order chi connectivity index (χ0) is 20.6. The summed E-state index contributed by atoms with van der Waals surface area (Å²) in [7, 11) is 1.46. The summed E-state index contributed by atoms with van der Waals surface area (Å²) in [6.07, 6.45) is 1.47. The predicted octanol–water partition coefficient (Wildman–Crippen LogP) is 4.40. The SMILES string of the molecule is COc1cc(/C=N/NC(=O)c2ccc(COc3ccc(Cl)cc3)cc2)ccc1O. The van der Waals surface area contributed by atoms with Gasteiger partial charge in [-0.25, -0.2) is 5.43 Å². The third-order valence-corrected chi connectivity index (χ3v) is 4.27. The van der Waals surface area contributed by atoms with Gasteiger partial charge < -0.3 is 14.6 Å². The van der Waals surface area contributed by atoms with Crippen LogP contribution in [0.15, 0.2) is 71.8 Å². The van der Waals surface area contributed by atoms with Gasteiger partial charge >= 0.3 is 0 Å². The zero-order valence-corrected chi connectivity index (χ0v) is 16.4. The molecule has 29 heavy (non-hydrogen) atoms. The number of phenolic OH excluding ortho intramolecular Hbond substituents is 1. The molecule has 0 radical (unpaired) electrons. The molecule has 3 aromatic carbocycles. The van der Waals surface area contributed by atoms with Gasteiger partial charge in [-0.2, -0.15) is 5.10 Å². The molecule has 2 N–H and O–H groups in total. The van der Waals surface area contributed by atoms with Crippen molar-refractivity contribution in [1.82, 2.24) is 5.43 Å². The first kappa shape index (κ1) is 20.2. The Morgan fingerprint density at radius 3 is 2.52 bits per heavy atom. The molecule has 6 nitrogen and oxygen atoms in total. The standard InChI is InChI=1S/C22H19ClN2O4/c1-28-21-12-16(4-11-20(21)26)13-24-25-22(27)17-5-2-15(3-6-17)14-29-19-9-7-18(23)8-10-19/h2-13,26H,14H2,1H3,(H,25,27)/b24-13+. The molecule has 3 aromatic rings. The normalized spacial score (nSPS) is 10.7. The minimum atomic E-state index is -0.336. The van der Waals surface area contributed by atoms with E-state index >= 15 is 0 Å². The van der Waals surface area contributed by atoms with Gasteiger partial charge in [0.05, 0.1) is 13.3 Å². The molecule has 0 saturated carbocycles. The molecule has 0 aliphatic carbocycles. The van der Waals surface area contributed by atoms with Crippen LogP contribution in [0.25, 0.3) is 0 Å². The number of hydrogen-bond acceptors (Lipinski definition) is 5. The zero-order valence-electron chi connectivity index (χ0n) is 15.6. The summed E-state index contributed by atoms with van der Waals surface area (Å²) in [5, 5.41) is 14.2. The second-order valence-corrected chi connectivity index (χ2v) is 6.51. The average molecular weight is 411 g/mol. The van der Waals surface area contributed by atoms with Crippen molar-refractivity contribution in [1.29, 1.82) is 0 Å². The summed E-state index contributed by atoms with van der Waals surface area (Å²) in [5.41, 5.74) is 4.54. The van der Waals surface area contributed by atoms with Gasteiger partial charge in [0.2, 0.25) is 0 Å². The van der Waals surface area contributed by atoms with Crippen molar-refractivity contribution < 1.29 is 19.4 Å². The first-order chi connectivity index (χ1) is 14.0. The number of nitrogens with one attached hydrogen (secondary N) is 1. The Morgan fingerprint density at radius 2 is 1.83 bits per heavy atom. The number of benzene rings is 3. The van der Waals surface area contributed by atoms with Crippen LogP contribution in [0.4, 0.5) is 0 Å². The molecule has 0 fully saturated rings. The topological polar surface area (TPSA) is 80.2 Å². The number of halogens is 1. The maximum Gasteiger partial charge on any atom is 0.271 e. The highest BCUT2D eigenvalue weighted by Crippen LogP contribution is 2.25. The first-order valence-electron chi connectivity index (χ1n) is 8.73. The van der Waals surface area contributed by atoms with E-state index < -0.39 is 0 Å². The highest BCUT2D eigenvalue weighted by atomic mass is 35.5. The summed E-state index contributed by atoms with van der Waals surface area (Å²) in [6.45, 7) is 0.379. The van der Waals surface area contributed by atoms with Crippen molar-refractivity contribution in [2.75, 3.05) is 7.11 Å². The molecular formula is C22H19ClN2O4. The van der Waals surface area contributed by atoms with Crippen molar-refractivity contribution in [3.8, 4) is 17.2 Å². The van der Waals surface area contributed by atoms with Crippen LogP contribution in [0.1, 0.15) is 21.5 Å². The lowest BCUT2D eigenvalue weighted by atomic mass is 10.1. The summed E-state index contributed by atoms with van der Waals surface area (Å²) in [4.78, 5) is 12.2. The quantitative estimate of drug-likeness (QED) is 0.447. The summed E-state index contributed by atoms with van der Waals surface area (Å²) < 4.78 is 10.7. The Labute approximate surface area is 173 Å². The minimum absolute atomic E-state index is 0.0359. The fourth-order valence-corrected chi connectivity index (χ4v) is 2.58. The Hall–Kier alpha value is -3.51. The van der Waals surface area contributed by atoms with E-state index in [1.165, 1.54) is 19.4 Å². The van der Waals surface area contributed by atoms with Gasteiger partial charge in [-0.15, -0.1) is 0 Å². The van der Waals surface area contributed by atoms with Crippen LogP contribution >= 0.6 is 11.6 Å². The molecule has 0 atom stereocenters. The molecule has 0 spiro atoms. The maximum absolute atomic E-state index is 12.2. The number of carbonyl (C=O) groups is 1. The van der Waals surface area contributed by atoms with Crippen molar-refractivity contribution in [2.45, 2.75) is 6.61 Å². The third kappa shape index (κ3) is 5.73. The summed E-state index contributed by atoms with van der Waals surface area (Å²) in [5.74, 6) is 0.749. The van der Waals surface area contributed by atoms with Crippen molar-refractivity contribution >= 4 is 23.7 Å². The number of nitrogens with zero attached hydrogens (tertiary/aromatic N) is 1. The highest BCUT2D eigenvalue weighted by molar-refractivity contribution is 6.30. The van der Waals surface area contributed by atoms with Gasteiger partial charge in [-0.3, -0.25) is 4.79 Å². The fraction of sp³-hybridized carbons (Fsp3) is 0.0909. The molecule has 1 amide bonds. The molecule has 7 heteroatoms. The van der Waals surface area contributed by atoms with E-state index in [0.717, 1.165) is 11.3 Å². The van der Waals surface area contributed by atoms with E-state index in [-0.39, 0.29) is 11.7 Å². The van der Waals surface area contributed by atoms with Gasteiger partial charge in [-0.05, 0) is 65.7 Å². The van der Waals surface area contributed by atoms with E-state index in [1.54, 1.807) is 48.5 Å². The van der Waals surface area contributed by atoms with E-state index in [1.807, 2.05) is 12.1 Å². The minimum Gasteiger partial charge on any atom is -0.504 e. The second kappa shape index (κ2) is 9.61. The number of hydrogen-bond donors (Lipinski definition) is 2. The molecule has 0 aliphatic rings. The number of carbonyl (C=O) groups excluding carboxylic acids is 1. The second-order valence-electron chi connectivity index (χ2n) is 6.07. The van der Waals surface area contributed by atoms with Crippen molar-refractivity contribution in [2.24, 2.45) is 5.10 Å². The number of rotatable bonds is 7. The number of amides is 1. The van der Waals surface area contributed by atoms with Gasteiger partial charge in [0, 0.05) is 10.6 Å². The number of methoxy groups -OCH3 is 1. The summed E-state index contributed by atoms with van der Waals surface area (Å²) >= 11 is 5.85. The Morgan fingerprint density at radius 1 is 1.10 bits per heavy atom. The molecule has 0 bridgehead atoms. The highest BCUT2D eigenvalue weighted by Gasteiger charge is 2.05. The molecule has 0 heterocycles. The van der Waals surface area contributed by atoms with Crippen LogP contribution in [0.5, 0.6) is 17.2 Å².